The highest BCUT2D eigenvalue weighted by Crippen LogP contribution is 2.21. The summed E-state index contributed by atoms with van der Waals surface area (Å²) in [6.07, 6.45) is 1.19. The smallest absolute Gasteiger partial charge is 0.280 e. The lowest BCUT2D eigenvalue weighted by Gasteiger charge is -2.07. The molecule has 3 rings (SSSR count). The standard InChI is InChI=1S/C15H11N5O3S2/c16-8-11-9-18-20(14(11)17)15(21)10-3-5-12(6-4-10)25(22,23)19-13-2-1-7-24-13/h1-7,9,19H,17H2. The Kier molecular flexibility index (Phi) is 4.26. The molecule has 0 saturated heterocycles. The number of nitrogens with one attached hydrogen (secondary N) is 1. The van der Waals surface area contributed by atoms with Crippen LogP contribution in [-0.2, 0) is 10.0 Å². The van der Waals surface area contributed by atoms with Crippen molar-refractivity contribution in [1.82, 2.24) is 9.78 Å². The lowest BCUT2D eigenvalue weighted by atomic mass is 10.2. The highest BCUT2D eigenvalue weighted by molar-refractivity contribution is 7.93. The summed E-state index contributed by atoms with van der Waals surface area (Å²) in [4.78, 5) is 12.4. The number of nitrogen functional groups attached to an aromatic ring is 1. The third kappa shape index (κ3) is 3.23. The zero-order valence-electron chi connectivity index (χ0n) is 12.6. The van der Waals surface area contributed by atoms with E-state index in [-0.39, 0.29) is 21.8 Å². The van der Waals surface area contributed by atoms with Gasteiger partial charge in [0.15, 0.2) is 0 Å². The highest BCUT2D eigenvalue weighted by Gasteiger charge is 2.18. The van der Waals surface area contributed by atoms with E-state index in [2.05, 4.69) is 9.82 Å². The Morgan fingerprint density at radius 3 is 2.56 bits per heavy atom. The number of benzene rings is 1. The molecule has 3 N–H and O–H groups in total. The highest BCUT2D eigenvalue weighted by atomic mass is 32.2. The van der Waals surface area contributed by atoms with Gasteiger partial charge in [0.1, 0.15) is 22.5 Å². The summed E-state index contributed by atoms with van der Waals surface area (Å²) in [6, 6.07) is 10.5. The van der Waals surface area contributed by atoms with Gasteiger partial charge in [0.2, 0.25) is 0 Å². The predicted molar refractivity (Wildman–Crippen MR) is 92.7 cm³/mol. The summed E-state index contributed by atoms with van der Waals surface area (Å²) in [7, 11) is -3.74. The fourth-order valence-corrected chi connectivity index (χ4v) is 3.96. The van der Waals surface area contributed by atoms with Crippen LogP contribution in [0.25, 0.3) is 0 Å². The zero-order chi connectivity index (χ0) is 18.0. The van der Waals surface area contributed by atoms with Crippen LogP contribution in [0.15, 0.2) is 52.9 Å². The van der Waals surface area contributed by atoms with Gasteiger partial charge in [0, 0.05) is 5.56 Å². The number of nitriles is 1. The molecule has 0 aliphatic rings. The van der Waals surface area contributed by atoms with Crippen molar-refractivity contribution in [3.8, 4) is 6.07 Å². The molecule has 10 heteroatoms. The van der Waals surface area contributed by atoms with E-state index in [1.54, 1.807) is 17.5 Å². The summed E-state index contributed by atoms with van der Waals surface area (Å²) in [6.45, 7) is 0. The number of sulfonamides is 1. The molecule has 0 atom stereocenters. The minimum atomic E-state index is -3.74. The first-order valence-corrected chi connectivity index (χ1v) is 9.23. The Morgan fingerprint density at radius 2 is 2.00 bits per heavy atom. The second-order valence-electron chi connectivity index (χ2n) is 4.88. The first kappa shape index (κ1) is 16.7. The molecule has 0 saturated carbocycles. The molecule has 0 aliphatic carbocycles. The molecule has 126 valence electrons. The average molecular weight is 373 g/mol. The van der Waals surface area contributed by atoms with Crippen LogP contribution in [0.1, 0.15) is 15.9 Å². The summed E-state index contributed by atoms with van der Waals surface area (Å²) < 4.78 is 27.9. The van der Waals surface area contributed by atoms with Gasteiger partial charge in [-0.25, -0.2) is 8.42 Å². The lowest BCUT2D eigenvalue weighted by molar-refractivity contribution is 0.0948. The number of rotatable bonds is 4. The number of aromatic nitrogens is 2. The van der Waals surface area contributed by atoms with Crippen molar-refractivity contribution >= 4 is 38.1 Å². The molecule has 3 aromatic rings. The fourth-order valence-electron chi connectivity index (χ4n) is 2.03. The lowest BCUT2D eigenvalue weighted by Crippen LogP contribution is -2.17. The number of carbonyl (C=O) groups is 1. The fraction of sp³-hybridized carbons (Fsp3) is 0. The molecule has 0 spiro atoms. The van der Waals surface area contributed by atoms with Crippen molar-refractivity contribution in [2.75, 3.05) is 10.5 Å². The molecular weight excluding hydrogens is 362 g/mol. The first-order chi connectivity index (χ1) is 11.9. The van der Waals surface area contributed by atoms with Crippen LogP contribution in [0.2, 0.25) is 0 Å². The van der Waals surface area contributed by atoms with Crippen LogP contribution in [-0.4, -0.2) is 24.1 Å². The molecule has 0 aliphatic heterocycles. The maximum atomic E-state index is 12.4. The van der Waals surface area contributed by atoms with Crippen molar-refractivity contribution < 1.29 is 13.2 Å². The van der Waals surface area contributed by atoms with Crippen molar-refractivity contribution in [3.63, 3.8) is 0 Å². The minimum absolute atomic E-state index is 0.0172. The number of hydrogen-bond donors (Lipinski definition) is 2. The third-order valence-electron chi connectivity index (χ3n) is 3.29. The van der Waals surface area contributed by atoms with Crippen LogP contribution in [0.3, 0.4) is 0 Å². The van der Waals surface area contributed by atoms with Gasteiger partial charge in [0.05, 0.1) is 11.1 Å². The van der Waals surface area contributed by atoms with E-state index in [1.807, 2.05) is 6.07 Å². The number of nitrogens with two attached hydrogens (primary N) is 1. The second-order valence-corrected chi connectivity index (χ2v) is 7.51. The number of anilines is 2. The number of hydrogen-bond acceptors (Lipinski definition) is 7. The van der Waals surface area contributed by atoms with Gasteiger partial charge in [0.25, 0.3) is 15.9 Å². The monoisotopic (exact) mass is 373 g/mol. The molecule has 0 fully saturated rings. The number of thiophene rings is 1. The van der Waals surface area contributed by atoms with Crippen LogP contribution in [0.4, 0.5) is 10.8 Å². The van der Waals surface area contributed by atoms with Gasteiger partial charge in [-0.15, -0.1) is 11.3 Å². The van der Waals surface area contributed by atoms with Crippen molar-refractivity contribution in [2.24, 2.45) is 0 Å². The maximum absolute atomic E-state index is 12.4. The van der Waals surface area contributed by atoms with Crippen LogP contribution < -0.4 is 10.5 Å². The first-order valence-electron chi connectivity index (χ1n) is 6.87. The minimum Gasteiger partial charge on any atom is -0.382 e. The zero-order valence-corrected chi connectivity index (χ0v) is 14.2. The number of nitrogens with zero attached hydrogens (tertiary/aromatic N) is 3. The SMILES string of the molecule is N#Cc1cnn(C(=O)c2ccc(S(=O)(=O)Nc3cccs3)cc2)c1N. The third-order valence-corrected chi connectivity index (χ3v) is 5.58. The normalized spacial score (nSPS) is 11.0. The Hall–Kier alpha value is -3.16. The van der Waals surface area contributed by atoms with E-state index in [0.29, 0.717) is 5.00 Å². The van der Waals surface area contributed by atoms with Gasteiger partial charge in [-0.2, -0.15) is 15.0 Å². The van der Waals surface area contributed by atoms with Gasteiger partial charge in [-0.05, 0) is 41.8 Å². The van der Waals surface area contributed by atoms with Crippen LogP contribution in [0.5, 0.6) is 0 Å². The van der Waals surface area contributed by atoms with E-state index in [0.717, 1.165) is 4.68 Å². The van der Waals surface area contributed by atoms with E-state index >= 15 is 0 Å². The molecular formula is C15H11N5O3S2. The topological polar surface area (TPSA) is 131 Å². The van der Waals surface area contributed by atoms with Crippen molar-refractivity contribution in [3.05, 3.63) is 59.1 Å². The van der Waals surface area contributed by atoms with Gasteiger partial charge in [-0.3, -0.25) is 9.52 Å². The molecule has 0 bridgehead atoms. The molecule has 25 heavy (non-hydrogen) atoms. The Labute approximate surface area is 147 Å². The largest absolute Gasteiger partial charge is 0.382 e. The number of carbonyl (C=O) groups excluding carboxylic acids is 1. The van der Waals surface area contributed by atoms with E-state index in [9.17, 15) is 13.2 Å². The van der Waals surface area contributed by atoms with Crippen molar-refractivity contribution in [1.29, 1.82) is 5.26 Å². The summed E-state index contributed by atoms with van der Waals surface area (Å²) in [5, 5.41) is 14.9. The second kappa shape index (κ2) is 6.39. The van der Waals surface area contributed by atoms with Gasteiger partial charge in [-0.1, -0.05) is 0 Å². The van der Waals surface area contributed by atoms with Crippen LogP contribution >= 0.6 is 11.3 Å². The van der Waals surface area contributed by atoms with E-state index < -0.39 is 15.9 Å². The van der Waals surface area contributed by atoms with E-state index in [4.69, 9.17) is 11.0 Å². The summed E-state index contributed by atoms with van der Waals surface area (Å²) in [5.41, 5.74) is 5.96. The molecule has 2 aromatic heterocycles. The Morgan fingerprint density at radius 1 is 1.28 bits per heavy atom. The molecule has 0 unspecified atom stereocenters. The molecule has 1 aromatic carbocycles. The molecule has 0 radical (unpaired) electrons. The predicted octanol–water partition coefficient (Wildman–Crippen LogP) is 1.89. The van der Waals surface area contributed by atoms with Crippen LogP contribution in [0, 0.1) is 11.3 Å². The van der Waals surface area contributed by atoms with Gasteiger partial charge < -0.3 is 5.73 Å². The summed E-state index contributed by atoms with van der Waals surface area (Å²) in [5.74, 6) is -0.627. The maximum Gasteiger partial charge on any atom is 0.280 e. The molecule has 8 nitrogen and oxygen atoms in total. The Balaban J connectivity index is 1.86. The van der Waals surface area contributed by atoms with E-state index in [1.165, 1.54) is 41.8 Å². The van der Waals surface area contributed by atoms with Gasteiger partial charge >= 0.3 is 0 Å². The quantitative estimate of drug-likeness (QED) is 0.718. The Bertz CT molecular complexity index is 1060. The molecule has 2 heterocycles. The average Bonchev–Trinajstić information content (AvgIpc) is 3.23. The summed E-state index contributed by atoms with van der Waals surface area (Å²) >= 11 is 1.26. The molecule has 0 amide bonds. The van der Waals surface area contributed by atoms with Crippen molar-refractivity contribution in [2.45, 2.75) is 4.90 Å².